The number of hydrogen-bond donors (Lipinski definition) is 2. The van der Waals surface area contributed by atoms with Gasteiger partial charge in [0, 0.05) is 0 Å². The fraction of sp³-hybridized carbons (Fsp3) is 0.348. The van der Waals surface area contributed by atoms with Crippen LogP contribution in [0, 0.1) is 0 Å². The van der Waals surface area contributed by atoms with Gasteiger partial charge in [0.25, 0.3) is 11.8 Å². The molecule has 8 nitrogen and oxygen atoms in total. The summed E-state index contributed by atoms with van der Waals surface area (Å²) in [7, 11) is 1.48. The molecule has 0 aliphatic rings. The molecular formula is C23H28BrN3O5. The summed E-state index contributed by atoms with van der Waals surface area (Å²) in [5.74, 6) is 0.787. The Bertz CT molecular complexity index is 949. The lowest BCUT2D eigenvalue weighted by Gasteiger charge is -2.14. The van der Waals surface area contributed by atoms with Crippen molar-refractivity contribution in [2.45, 2.75) is 26.7 Å². The molecule has 172 valence electrons. The molecule has 2 N–H and O–H groups in total. The maximum absolute atomic E-state index is 12.2. The van der Waals surface area contributed by atoms with Crippen molar-refractivity contribution in [3.05, 3.63) is 52.0 Å². The van der Waals surface area contributed by atoms with E-state index >= 15 is 0 Å². The molecule has 0 atom stereocenters. The van der Waals surface area contributed by atoms with Crippen LogP contribution in [0.3, 0.4) is 0 Å². The third kappa shape index (κ3) is 7.56. The average molecular weight is 506 g/mol. The van der Waals surface area contributed by atoms with Crippen LogP contribution in [0.2, 0.25) is 0 Å². The maximum Gasteiger partial charge on any atom is 0.259 e. The molecule has 0 bridgehead atoms. The van der Waals surface area contributed by atoms with Crippen molar-refractivity contribution in [3.63, 3.8) is 0 Å². The van der Waals surface area contributed by atoms with Crippen molar-refractivity contribution in [1.82, 2.24) is 10.7 Å². The number of hydrogen-bond acceptors (Lipinski definition) is 6. The normalized spacial score (nSPS) is 10.6. The zero-order valence-corrected chi connectivity index (χ0v) is 20.0. The molecular weight excluding hydrogens is 478 g/mol. The summed E-state index contributed by atoms with van der Waals surface area (Å²) in [6.45, 7) is 4.84. The minimum Gasteiger partial charge on any atom is -0.496 e. The van der Waals surface area contributed by atoms with Crippen molar-refractivity contribution in [2.75, 3.05) is 26.9 Å². The molecule has 0 unspecified atom stereocenters. The van der Waals surface area contributed by atoms with Gasteiger partial charge in [0.15, 0.2) is 11.5 Å². The van der Waals surface area contributed by atoms with E-state index in [4.69, 9.17) is 14.2 Å². The predicted molar refractivity (Wildman–Crippen MR) is 127 cm³/mol. The molecule has 2 aromatic carbocycles. The largest absolute Gasteiger partial charge is 0.496 e. The molecule has 0 heterocycles. The van der Waals surface area contributed by atoms with Crippen LogP contribution in [0.25, 0.3) is 0 Å². The van der Waals surface area contributed by atoms with E-state index in [1.165, 1.54) is 13.3 Å². The van der Waals surface area contributed by atoms with E-state index in [9.17, 15) is 9.59 Å². The van der Waals surface area contributed by atoms with E-state index in [0.29, 0.717) is 41.6 Å². The summed E-state index contributed by atoms with van der Waals surface area (Å²) < 4.78 is 17.4. The molecule has 0 aliphatic heterocycles. The molecule has 0 saturated heterocycles. The molecule has 2 aromatic rings. The number of amides is 2. The van der Waals surface area contributed by atoms with Crippen molar-refractivity contribution < 1.29 is 23.8 Å². The molecule has 0 aliphatic carbocycles. The fourth-order valence-corrected chi connectivity index (χ4v) is 3.26. The van der Waals surface area contributed by atoms with E-state index in [2.05, 4.69) is 38.7 Å². The van der Waals surface area contributed by atoms with Gasteiger partial charge >= 0.3 is 0 Å². The first-order valence-electron chi connectivity index (χ1n) is 10.3. The minimum absolute atomic E-state index is 0.230. The number of carbonyl (C=O) groups is 2. The van der Waals surface area contributed by atoms with E-state index in [1.54, 1.807) is 30.3 Å². The third-order valence-corrected chi connectivity index (χ3v) is 4.83. The number of rotatable bonds is 12. The third-order valence-electron chi connectivity index (χ3n) is 4.24. The quantitative estimate of drug-likeness (QED) is 0.259. The van der Waals surface area contributed by atoms with Gasteiger partial charge in [-0.2, -0.15) is 5.10 Å². The number of ether oxygens (including phenoxy) is 3. The van der Waals surface area contributed by atoms with Crippen molar-refractivity contribution in [1.29, 1.82) is 0 Å². The first kappa shape index (κ1) is 25.2. The van der Waals surface area contributed by atoms with Gasteiger partial charge in [-0.3, -0.25) is 9.59 Å². The monoisotopic (exact) mass is 505 g/mol. The summed E-state index contributed by atoms with van der Waals surface area (Å²) in [5.41, 5.74) is 3.45. The van der Waals surface area contributed by atoms with Gasteiger partial charge in [-0.1, -0.05) is 25.5 Å². The number of carbonyl (C=O) groups excluding carboxylic acids is 2. The van der Waals surface area contributed by atoms with Gasteiger partial charge in [0.2, 0.25) is 0 Å². The number of halogens is 1. The van der Waals surface area contributed by atoms with Crippen LogP contribution < -0.4 is 25.0 Å². The highest BCUT2D eigenvalue weighted by atomic mass is 79.9. The van der Waals surface area contributed by atoms with Crippen LogP contribution in [0.5, 0.6) is 17.2 Å². The summed E-state index contributed by atoms with van der Waals surface area (Å²) in [6, 6.07) is 10.4. The van der Waals surface area contributed by atoms with Crippen LogP contribution in [0.15, 0.2) is 46.0 Å². The number of nitrogens with one attached hydrogen (secondary N) is 2. The molecule has 0 aromatic heterocycles. The Balaban J connectivity index is 1.95. The van der Waals surface area contributed by atoms with E-state index in [-0.39, 0.29) is 6.54 Å². The minimum atomic E-state index is -0.465. The van der Waals surface area contributed by atoms with E-state index in [1.807, 2.05) is 13.0 Å². The van der Waals surface area contributed by atoms with Gasteiger partial charge in [0.05, 0.1) is 43.1 Å². The Kier molecular flexibility index (Phi) is 10.5. The first-order valence-corrected chi connectivity index (χ1v) is 11.1. The Morgan fingerprint density at radius 1 is 1.12 bits per heavy atom. The molecule has 0 spiro atoms. The Morgan fingerprint density at radius 3 is 2.62 bits per heavy atom. The number of benzene rings is 2. The average Bonchev–Trinajstić information content (AvgIpc) is 2.79. The highest BCUT2D eigenvalue weighted by Gasteiger charge is 2.13. The van der Waals surface area contributed by atoms with Gasteiger partial charge in [-0.05, 0) is 59.1 Å². The smallest absolute Gasteiger partial charge is 0.259 e. The topological polar surface area (TPSA) is 98.2 Å². The summed E-state index contributed by atoms with van der Waals surface area (Å²) in [4.78, 5) is 24.3. The first-order chi connectivity index (χ1) is 15.5. The number of para-hydroxylation sites is 1. The SMILES string of the molecule is CCCCOc1c(Br)cc(C=NNC(=O)CNC(=O)c2ccccc2OC)cc1OCC. The standard InChI is InChI=1S/C23H28BrN3O5/c1-4-6-11-32-22-18(24)12-16(13-20(22)31-5-2)14-26-27-21(28)15-25-23(29)17-9-7-8-10-19(17)30-3/h7-10,12-14H,4-6,11,15H2,1-3H3,(H,25,29)(H,27,28). The van der Waals surface area contributed by atoms with Gasteiger partial charge < -0.3 is 19.5 Å². The zero-order chi connectivity index (χ0) is 23.3. The number of hydrazone groups is 1. The lowest BCUT2D eigenvalue weighted by Crippen LogP contribution is -2.35. The van der Waals surface area contributed by atoms with Crippen LogP contribution in [0.4, 0.5) is 0 Å². The highest BCUT2D eigenvalue weighted by molar-refractivity contribution is 9.10. The van der Waals surface area contributed by atoms with Crippen molar-refractivity contribution >= 4 is 34.0 Å². The summed E-state index contributed by atoms with van der Waals surface area (Å²) in [5, 5.41) is 6.50. The Labute approximate surface area is 196 Å². The number of unbranched alkanes of at least 4 members (excludes halogenated alkanes) is 1. The Morgan fingerprint density at radius 2 is 1.91 bits per heavy atom. The van der Waals surface area contributed by atoms with Crippen LogP contribution >= 0.6 is 15.9 Å². The number of methoxy groups -OCH3 is 1. The molecule has 0 fully saturated rings. The molecule has 2 rings (SSSR count). The predicted octanol–water partition coefficient (Wildman–Crippen LogP) is 3.92. The van der Waals surface area contributed by atoms with Crippen LogP contribution in [-0.2, 0) is 4.79 Å². The molecule has 0 radical (unpaired) electrons. The second-order valence-corrected chi connectivity index (χ2v) is 7.50. The number of nitrogens with zero attached hydrogens (tertiary/aromatic N) is 1. The molecule has 0 saturated carbocycles. The van der Waals surface area contributed by atoms with Crippen LogP contribution in [0.1, 0.15) is 42.6 Å². The molecule has 2 amide bonds. The van der Waals surface area contributed by atoms with Gasteiger partial charge in [-0.25, -0.2) is 5.43 Å². The van der Waals surface area contributed by atoms with Crippen LogP contribution in [-0.4, -0.2) is 44.9 Å². The van der Waals surface area contributed by atoms with Crippen molar-refractivity contribution in [3.8, 4) is 17.2 Å². The molecule has 9 heteroatoms. The second kappa shape index (κ2) is 13.4. The van der Waals surface area contributed by atoms with Crippen molar-refractivity contribution in [2.24, 2.45) is 5.10 Å². The van der Waals surface area contributed by atoms with Gasteiger partial charge in [-0.15, -0.1) is 0 Å². The fourth-order valence-electron chi connectivity index (χ4n) is 2.69. The second-order valence-electron chi connectivity index (χ2n) is 6.64. The zero-order valence-electron chi connectivity index (χ0n) is 18.4. The lowest BCUT2D eigenvalue weighted by atomic mass is 10.2. The van der Waals surface area contributed by atoms with E-state index < -0.39 is 11.8 Å². The Hall–Kier alpha value is -3.07. The lowest BCUT2D eigenvalue weighted by molar-refractivity contribution is -0.120. The molecule has 32 heavy (non-hydrogen) atoms. The maximum atomic E-state index is 12.2. The highest BCUT2D eigenvalue weighted by Crippen LogP contribution is 2.36. The summed E-state index contributed by atoms with van der Waals surface area (Å²) >= 11 is 3.50. The summed E-state index contributed by atoms with van der Waals surface area (Å²) in [6.07, 6.45) is 3.47. The van der Waals surface area contributed by atoms with Gasteiger partial charge in [0.1, 0.15) is 5.75 Å². The van der Waals surface area contributed by atoms with E-state index in [0.717, 1.165) is 17.3 Å².